The van der Waals surface area contributed by atoms with Gasteiger partial charge in [-0.1, -0.05) is 24.3 Å². The van der Waals surface area contributed by atoms with Crippen molar-refractivity contribution in [3.63, 3.8) is 0 Å². The first-order chi connectivity index (χ1) is 11.5. The Hall–Kier alpha value is -3.62. The van der Waals surface area contributed by atoms with Crippen LogP contribution in [0.3, 0.4) is 0 Å². The number of benzene rings is 1. The lowest BCUT2D eigenvalue weighted by atomic mass is 9.90. The van der Waals surface area contributed by atoms with Crippen LogP contribution in [0, 0.1) is 26.3 Å². The number of hydrogen-bond donors (Lipinski definition) is 0. The Bertz CT molecular complexity index is 885. The first-order valence-electron chi connectivity index (χ1n) is 6.84. The summed E-state index contributed by atoms with van der Waals surface area (Å²) in [6, 6.07) is 8.92. The summed E-state index contributed by atoms with van der Waals surface area (Å²) in [5, 5.41) is 22.9. The number of pyridine rings is 1. The number of fused-ring (bicyclic) bond motifs is 3. The van der Waals surface area contributed by atoms with Crippen molar-refractivity contribution in [2.24, 2.45) is 0 Å². The van der Waals surface area contributed by atoms with Crippen molar-refractivity contribution in [2.75, 3.05) is 0 Å². The van der Waals surface area contributed by atoms with Gasteiger partial charge in [0.15, 0.2) is 17.5 Å². The Morgan fingerprint density at radius 1 is 1.04 bits per heavy atom. The monoisotopic (exact) mass is 326 g/mol. The van der Waals surface area contributed by atoms with Crippen molar-refractivity contribution in [1.82, 2.24) is 4.98 Å². The van der Waals surface area contributed by atoms with Crippen LogP contribution in [0.5, 0.6) is 11.5 Å². The molecule has 0 radical (unpaired) electrons. The van der Waals surface area contributed by atoms with E-state index in [1.807, 2.05) is 0 Å². The summed E-state index contributed by atoms with van der Waals surface area (Å²) in [7, 11) is 0. The zero-order valence-electron chi connectivity index (χ0n) is 11.9. The lowest BCUT2D eigenvalue weighted by Gasteiger charge is -2.36. The molecule has 1 aliphatic heterocycles. The lowest BCUT2D eigenvalue weighted by molar-refractivity contribution is -0.491. The van der Waals surface area contributed by atoms with E-state index in [0.29, 0.717) is 11.5 Å². The van der Waals surface area contributed by atoms with E-state index in [4.69, 9.17) is 9.47 Å². The average molecular weight is 326 g/mol. The highest BCUT2D eigenvalue weighted by atomic mass is 16.7. The van der Waals surface area contributed by atoms with Gasteiger partial charge in [-0.15, -0.1) is 0 Å². The molecule has 0 fully saturated rings. The first kappa shape index (κ1) is 14.0. The third-order valence-electron chi connectivity index (χ3n) is 3.76. The largest absolute Gasteiger partial charge is 0.448 e. The van der Waals surface area contributed by atoms with Crippen LogP contribution in [-0.2, 0) is 5.79 Å². The molecule has 0 saturated carbocycles. The minimum absolute atomic E-state index is 0.0258. The van der Waals surface area contributed by atoms with Crippen LogP contribution >= 0.6 is 0 Å². The molecule has 9 nitrogen and oxygen atoms in total. The quantitative estimate of drug-likeness (QED) is 0.471. The maximum absolute atomic E-state index is 11.6. The van der Waals surface area contributed by atoms with Gasteiger partial charge in [-0.05, 0) is 33.6 Å². The minimum atomic E-state index is -1.96. The van der Waals surface area contributed by atoms with Crippen molar-refractivity contribution in [3.8, 4) is 11.5 Å². The molecule has 1 aliphatic carbocycles. The number of ether oxygens (including phenoxy) is 2. The summed E-state index contributed by atoms with van der Waals surface area (Å²) in [4.78, 5) is 25.5. The molecule has 0 N–H and O–H groups in total. The molecule has 1 spiro atoms. The highest BCUT2D eigenvalue weighted by molar-refractivity contribution is 5.68. The molecule has 0 atom stereocenters. The van der Waals surface area contributed by atoms with E-state index in [2.05, 4.69) is 4.98 Å². The Balaban J connectivity index is 1.97. The van der Waals surface area contributed by atoms with Crippen molar-refractivity contribution in [3.05, 3.63) is 86.2 Å². The molecule has 2 aromatic rings. The standard InChI is InChI=1S/C15H8N3O6/c19-17(20)10-8-13(18(21)22)15(14-9(10)4-3-7-16-14)23-11-5-1-2-6-12(11)24-15/h1-8H/q-1. The summed E-state index contributed by atoms with van der Waals surface area (Å²) >= 11 is 0. The second-order valence-electron chi connectivity index (χ2n) is 5.10. The van der Waals surface area contributed by atoms with Crippen molar-refractivity contribution in [2.45, 2.75) is 5.79 Å². The summed E-state index contributed by atoms with van der Waals surface area (Å²) in [5.41, 5.74) is -0.346. The molecule has 2 heterocycles. The molecule has 4 rings (SSSR count). The van der Waals surface area contributed by atoms with E-state index < -0.39 is 27.4 Å². The van der Waals surface area contributed by atoms with Crippen molar-refractivity contribution < 1.29 is 19.3 Å². The van der Waals surface area contributed by atoms with Crippen LogP contribution in [-0.4, -0.2) is 14.8 Å². The maximum Gasteiger partial charge on any atom is 0.317 e. The smallest absolute Gasteiger partial charge is 0.317 e. The van der Waals surface area contributed by atoms with Gasteiger partial charge in [-0.2, -0.15) is 0 Å². The van der Waals surface area contributed by atoms with Crippen LogP contribution in [0.4, 0.5) is 0 Å². The molecule has 0 bridgehead atoms. The third kappa shape index (κ3) is 1.75. The van der Waals surface area contributed by atoms with Crippen molar-refractivity contribution >= 4 is 5.70 Å². The summed E-state index contributed by atoms with van der Waals surface area (Å²) in [5.74, 6) is -1.36. The number of nitrogens with zero attached hydrogens (tertiary/aromatic N) is 3. The van der Waals surface area contributed by atoms with Gasteiger partial charge in [0.1, 0.15) is 11.4 Å². The van der Waals surface area contributed by atoms with Crippen LogP contribution in [0.2, 0.25) is 0 Å². The fourth-order valence-corrected chi connectivity index (χ4v) is 2.77. The second kappa shape index (κ2) is 4.69. The molecule has 120 valence electrons. The molecule has 0 unspecified atom stereocenters. The van der Waals surface area contributed by atoms with Gasteiger partial charge in [-0.3, -0.25) is 25.2 Å². The Labute approximate surface area is 134 Å². The number of para-hydroxylation sites is 2. The van der Waals surface area contributed by atoms with Crippen LogP contribution in [0.25, 0.3) is 5.70 Å². The number of hydrogen-bond acceptors (Lipinski definition) is 7. The fraction of sp³-hybridized carbons (Fsp3) is 0.0667. The highest BCUT2D eigenvalue weighted by Crippen LogP contribution is 2.52. The van der Waals surface area contributed by atoms with E-state index in [9.17, 15) is 20.2 Å². The van der Waals surface area contributed by atoms with E-state index in [1.165, 1.54) is 18.3 Å². The van der Waals surface area contributed by atoms with Gasteiger partial charge < -0.3 is 9.47 Å². The van der Waals surface area contributed by atoms with Gasteiger partial charge in [0.2, 0.25) is 0 Å². The molecule has 2 aliphatic rings. The lowest BCUT2D eigenvalue weighted by Crippen LogP contribution is -2.48. The molecular weight excluding hydrogens is 318 g/mol. The first-order valence-corrected chi connectivity index (χ1v) is 6.84. The molecule has 1 aromatic carbocycles. The average Bonchev–Trinajstić information content (AvgIpc) is 2.94. The molecule has 0 amide bonds. The van der Waals surface area contributed by atoms with Gasteiger partial charge in [-0.25, -0.2) is 0 Å². The van der Waals surface area contributed by atoms with Crippen LogP contribution < -0.4 is 9.47 Å². The summed E-state index contributed by atoms with van der Waals surface area (Å²) in [6.07, 6.45) is 2.23. The van der Waals surface area contributed by atoms with Gasteiger partial charge in [0.25, 0.3) is 0 Å². The van der Waals surface area contributed by atoms with E-state index in [0.717, 1.165) is 6.08 Å². The third-order valence-corrected chi connectivity index (χ3v) is 3.76. The van der Waals surface area contributed by atoms with Gasteiger partial charge in [0, 0.05) is 6.20 Å². The number of nitro groups is 2. The predicted molar refractivity (Wildman–Crippen MR) is 78.8 cm³/mol. The van der Waals surface area contributed by atoms with E-state index >= 15 is 0 Å². The molecule has 9 heteroatoms. The van der Waals surface area contributed by atoms with Crippen LogP contribution in [0.1, 0.15) is 11.3 Å². The molecular formula is C15H8N3O6-. The normalized spacial score (nSPS) is 16.5. The molecule has 1 aromatic heterocycles. The highest BCUT2D eigenvalue weighted by Gasteiger charge is 2.56. The SMILES string of the molecule is O=[N+]([O-])C1=C[C-]([N+](=O)[O-])C2(Oc3ccccc3O2)c2ncccc21. The minimum Gasteiger partial charge on any atom is -0.448 e. The number of rotatable bonds is 2. The Kier molecular flexibility index (Phi) is 2.73. The van der Waals surface area contributed by atoms with E-state index in [-0.39, 0.29) is 11.3 Å². The van der Waals surface area contributed by atoms with Crippen LogP contribution in [0.15, 0.2) is 48.7 Å². The fourth-order valence-electron chi connectivity index (χ4n) is 2.77. The zero-order valence-corrected chi connectivity index (χ0v) is 11.9. The zero-order chi connectivity index (χ0) is 16.9. The van der Waals surface area contributed by atoms with Crippen molar-refractivity contribution in [1.29, 1.82) is 0 Å². The number of aromatic nitrogens is 1. The second-order valence-corrected chi connectivity index (χ2v) is 5.10. The van der Waals surface area contributed by atoms with E-state index in [1.54, 1.807) is 24.3 Å². The Morgan fingerprint density at radius 3 is 2.29 bits per heavy atom. The predicted octanol–water partition coefficient (Wildman–Crippen LogP) is 2.15. The van der Waals surface area contributed by atoms with Gasteiger partial charge >= 0.3 is 5.79 Å². The Morgan fingerprint density at radius 2 is 1.71 bits per heavy atom. The maximum atomic E-state index is 11.6. The topological polar surface area (TPSA) is 118 Å². The summed E-state index contributed by atoms with van der Waals surface area (Å²) in [6.45, 7) is 0. The molecule has 24 heavy (non-hydrogen) atoms. The molecule has 0 saturated heterocycles. The summed E-state index contributed by atoms with van der Waals surface area (Å²) < 4.78 is 11.5. The van der Waals surface area contributed by atoms with Gasteiger partial charge in [0.05, 0.1) is 0 Å².